The van der Waals surface area contributed by atoms with E-state index in [1.807, 2.05) is 18.2 Å². The first-order valence-electron chi connectivity index (χ1n) is 4.16. The average molecular weight is 219 g/mol. The minimum absolute atomic E-state index is 0.662. The first-order chi connectivity index (χ1) is 6.27. The Bertz CT molecular complexity index is 274. The molecule has 0 unspecified atom stereocenters. The molecule has 1 rings (SSSR count). The number of benzene rings is 1. The lowest BCUT2D eigenvalue weighted by molar-refractivity contribution is 0.409. The minimum Gasteiger partial charge on any atom is -0.496 e. The van der Waals surface area contributed by atoms with Crippen molar-refractivity contribution in [2.75, 3.05) is 13.0 Å². The quantitative estimate of drug-likeness (QED) is 0.704. The maximum absolute atomic E-state index is 5.86. The van der Waals surface area contributed by atoms with Gasteiger partial charge in [0.15, 0.2) is 0 Å². The number of aryl methyl sites for hydroxylation is 1. The molecule has 0 aliphatic heterocycles. The van der Waals surface area contributed by atoms with E-state index in [-0.39, 0.29) is 0 Å². The number of methoxy groups -OCH3 is 1. The topological polar surface area (TPSA) is 9.23 Å². The smallest absolute Gasteiger partial charge is 0.122 e. The van der Waals surface area contributed by atoms with Crippen LogP contribution in [0.4, 0.5) is 0 Å². The lowest BCUT2D eigenvalue weighted by Gasteiger charge is -2.07. The number of hydrogen-bond acceptors (Lipinski definition) is 1. The summed E-state index contributed by atoms with van der Waals surface area (Å²) in [5, 5.41) is 0.741. The van der Waals surface area contributed by atoms with Crippen molar-refractivity contribution in [1.82, 2.24) is 0 Å². The maximum atomic E-state index is 5.86. The summed E-state index contributed by atoms with van der Waals surface area (Å²) in [6.07, 6.45) is 1.85. The van der Waals surface area contributed by atoms with E-state index in [1.165, 1.54) is 0 Å². The Morgan fingerprint density at radius 1 is 1.38 bits per heavy atom. The molecular formula is C10H12Cl2O. The van der Waals surface area contributed by atoms with Gasteiger partial charge in [0, 0.05) is 10.9 Å². The monoisotopic (exact) mass is 218 g/mol. The van der Waals surface area contributed by atoms with E-state index in [9.17, 15) is 0 Å². The van der Waals surface area contributed by atoms with Crippen molar-refractivity contribution in [1.29, 1.82) is 0 Å². The van der Waals surface area contributed by atoms with Gasteiger partial charge in [-0.2, -0.15) is 0 Å². The summed E-state index contributed by atoms with van der Waals surface area (Å²) in [4.78, 5) is 0. The summed E-state index contributed by atoms with van der Waals surface area (Å²) in [5.74, 6) is 1.55. The van der Waals surface area contributed by atoms with E-state index in [2.05, 4.69) is 0 Å². The van der Waals surface area contributed by atoms with Crippen LogP contribution in [-0.4, -0.2) is 13.0 Å². The lowest BCUT2D eigenvalue weighted by Crippen LogP contribution is -1.92. The molecule has 0 aliphatic rings. The molecule has 0 spiro atoms. The zero-order valence-corrected chi connectivity index (χ0v) is 9.03. The molecule has 0 aliphatic carbocycles. The molecule has 1 aromatic rings. The van der Waals surface area contributed by atoms with Crippen LogP contribution in [0.25, 0.3) is 0 Å². The second-order valence-corrected chi connectivity index (χ2v) is 3.56. The van der Waals surface area contributed by atoms with E-state index in [4.69, 9.17) is 27.9 Å². The molecule has 0 amide bonds. The highest BCUT2D eigenvalue weighted by molar-refractivity contribution is 6.30. The fraction of sp³-hybridized carbons (Fsp3) is 0.400. The highest BCUT2D eigenvalue weighted by Gasteiger charge is 2.02. The van der Waals surface area contributed by atoms with Gasteiger partial charge >= 0.3 is 0 Å². The number of alkyl halides is 1. The van der Waals surface area contributed by atoms with Gasteiger partial charge < -0.3 is 4.74 Å². The average Bonchev–Trinajstić information content (AvgIpc) is 2.15. The van der Waals surface area contributed by atoms with Gasteiger partial charge in [-0.15, -0.1) is 11.6 Å². The third-order valence-corrected chi connectivity index (χ3v) is 2.32. The van der Waals surface area contributed by atoms with Crippen molar-refractivity contribution in [2.45, 2.75) is 12.8 Å². The standard InChI is InChI=1S/C10H12Cl2O/c1-13-10-5-4-9(12)7-8(10)3-2-6-11/h4-5,7H,2-3,6H2,1H3. The maximum Gasteiger partial charge on any atom is 0.122 e. The second-order valence-electron chi connectivity index (χ2n) is 2.75. The SMILES string of the molecule is COc1ccc(Cl)cc1CCCCl. The number of hydrogen-bond donors (Lipinski definition) is 0. The molecule has 0 radical (unpaired) electrons. The predicted octanol–water partition coefficient (Wildman–Crippen LogP) is 3.52. The molecule has 0 bridgehead atoms. The molecule has 1 aromatic carbocycles. The fourth-order valence-corrected chi connectivity index (χ4v) is 1.53. The van der Waals surface area contributed by atoms with E-state index < -0.39 is 0 Å². The van der Waals surface area contributed by atoms with Crippen molar-refractivity contribution in [3.63, 3.8) is 0 Å². The highest BCUT2D eigenvalue weighted by atomic mass is 35.5. The zero-order chi connectivity index (χ0) is 9.68. The Hall–Kier alpha value is -0.400. The van der Waals surface area contributed by atoms with E-state index >= 15 is 0 Å². The van der Waals surface area contributed by atoms with Crippen LogP contribution in [-0.2, 0) is 6.42 Å². The van der Waals surface area contributed by atoms with Crippen molar-refractivity contribution in [2.24, 2.45) is 0 Å². The number of halogens is 2. The lowest BCUT2D eigenvalue weighted by atomic mass is 10.1. The highest BCUT2D eigenvalue weighted by Crippen LogP contribution is 2.23. The van der Waals surface area contributed by atoms with Gasteiger partial charge in [-0.25, -0.2) is 0 Å². The molecule has 3 heteroatoms. The largest absolute Gasteiger partial charge is 0.496 e. The van der Waals surface area contributed by atoms with Gasteiger partial charge in [-0.05, 0) is 36.6 Å². The van der Waals surface area contributed by atoms with Crippen molar-refractivity contribution in [3.05, 3.63) is 28.8 Å². The van der Waals surface area contributed by atoms with Crippen molar-refractivity contribution >= 4 is 23.2 Å². The van der Waals surface area contributed by atoms with Crippen molar-refractivity contribution in [3.8, 4) is 5.75 Å². The summed E-state index contributed by atoms with van der Waals surface area (Å²) in [7, 11) is 1.66. The Labute approximate surface area is 88.6 Å². The van der Waals surface area contributed by atoms with Crippen LogP contribution in [0.3, 0.4) is 0 Å². The predicted molar refractivity (Wildman–Crippen MR) is 57.0 cm³/mol. The Kier molecular flexibility index (Phi) is 4.40. The van der Waals surface area contributed by atoms with Crippen LogP contribution < -0.4 is 4.74 Å². The summed E-state index contributed by atoms with van der Waals surface area (Å²) in [6, 6.07) is 5.63. The fourth-order valence-electron chi connectivity index (χ4n) is 1.20. The van der Waals surface area contributed by atoms with E-state index in [0.717, 1.165) is 29.2 Å². The van der Waals surface area contributed by atoms with Crippen LogP contribution in [0.1, 0.15) is 12.0 Å². The second kappa shape index (κ2) is 5.36. The molecule has 0 fully saturated rings. The minimum atomic E-state index is 0.662. The normalized spacial score (nSPS) is 10.1. The molecule has 13 heavy (non-hydrogen) atoms. The third-order valence-electron chi connectivity index (χ3n) is 1.82. The van der Waals surface area contributed by atoms with Gasteiger partial charge in [-0.1, -0.05) is 11.6 Å². The van der Waals surface area contributed by atoms with Gasteiger partial charge in [-0.3, -0.25) is 0 Å². The Morgan fingerprint density at radius 3 is 2.77 bits per heavy atom. The van der Waals surface area contributed by atoms with Crippen molar-refractivity contribution < 1.29 is 4.74 Å². The summed E-state index contributed by atoms with van der Waals surface area (Å²) in [5.41, 5.74) is 1.12. The zero-order valence-electron chi connectivity index (χ0n) is 7.52. The van der Waals surface area contributed by atoms with E-state index in [0.29, 0.717) is 5.88 Å². The number of rotatable bonds is 4. The van der Waals surface area contributed by atoms with Crippen LogP contribution in [0.5, 0.6) is 5.75 Å². The molecule has 0 N–H and O–H groups in total. The van der Waals surface area contributed by atoms with Crippen LogP contribution in [0.15, 0.2) is 18.2 Å². The summed E-state index contributed by atoms with van der Waals surface area (Å²) < 4.78 is 5.20. The summed E-state index contributed by atoms with van der Waals surface area (Å²) in [6.45, 7) is 0. The molecular weight excluding hydrogens is 207 g/mol. The molecule has 0 atom stereocenters. The number of ether oxygens (including phenoxy) is 1. The van der Waals surface area contributed by atoms with E-state index in [1.54, 1.807) is 7.11 Å². The molecule has 0 aromatic heterocycles. The molecule has 0 saturated carbocycles. The van der Waals surface area contributed by atoms with Crippen LogP contribution in [0.2, 0.25) is 5.02 Å². The molecule has 1 nitrogen and oxygen atoms in total. The molecule has 0 heterocycles. The molecule has 72 valence electrons. The Balaban J connectivity index is 2.81. The first kappa shape index (κ1) is 10.7. The summed E-state index contributed by atoms with van der Waals surface area (Å²) >= 11 is 11.5. The van der Waals surface area contributed by atoms with Gasteiger partial charge in [0.1, 0.15) is 5.75 Å². The molecule has 0 saturated heterocycles. The first-order valence-corrected chi connectivity index (χ1v) is 5.07. The third kappa shape index (κ3) is 3.09. The van der Waals surface area contributed by atoms with Crippen LogP contribution in [0, 0.1) is 0 Å². The van der Waals surface area contributed by atoms with Crippen LogP contribution >= 0.6 is 23.2 Å². The van der Waals surface area contributed by atoms with Gasteiger partial charge in [0.25, 0.3) is 0 Å². The van der Waals surface area contributed by atoms with Gasteiger partial charge in [0.05, 0.1) is 7.11 Å². The van der Waals surface area contributed by atoms with Gasteiger partial charge in [0.2, 0.25) is 0 Å². The Morgan fingerprint density at radius 2 is 2.15 bits per heavy atom.